The van der Waals surface area contributed by atoms with Gasteiger partial charge in [0.15, 0.2) is 6.73 Å². The van der Waals surface area contributed by atoms with Gasteiger partial charge in [0.05, 0.1) is 17.2 Å². The second kappa shape index (κ2) is 10.3. The number of nitrogens with one attached hydrogen (secondary N) is 3. The molecule has 0 spiro atoms. The fourth-order valence-corrected chi connectivity index (χ4v) is 3.79. The van der Waals surface area contributed by atoms with Crippen molar-refractivity contribution < 1.29 is 49.0 Å². The molecule has 0 radical (unpaired) electrons. The van der Waals surface area contributed by atoms with Gasteiger partial charge in [-0.15, -0.1) is 0 Å². The minimum absolute atomic E-state index is 0.0753. The number of alkyl halides is 6. The molecule has 0 atom stereocenters. The largest absolute Gasteiger partial charge is 0.456 e. The zero-order valence-corrected chi connectivity index (χ0v) is 19.6. The number of hydrogen-bond acceptors (Lipinski definition) is 7. The molecule has 1 aromatic carbocycles. The van der Waals surface area contributed by atoms with Crippen molar-refractivity contribution in [3.05, 3.63) is 35.8 Å². The molecule has 1 heterocycles. The van der Waals surface area contributed by atoms with Gasteiger partial charge in [-0.2, -0.15) is 26.3 Å². The molecule has 0 saturated heterocycles. The molecule has 0 unspecified atom stereocenters. The number of unbranched alkanes of at least 4 members (excludes halogenated alkanes) is 1. The average Bonchev–Trinajstić information content (AvgIpc) is 3.04. The summed E-state index contributed by atoms with van der Waals surface area (Å²) in [5.74, 6) is -0.0753. The first kappa shape index (κ1) is 28.2. The van der Waals surface area contributed by atoms with Crippen LogP contribution in [0.25, 0.3) is 0 Å². The van der Waals surface area contributed by atoms with E-state index in [0.717, 1.165) is 17.4 Å². The fraction of sp³-hybridized carbons (Fsp3) is 0.526. The van der Waals surface area contributed by atoms with E-state index in [0.29, 0.717) is 24.3 Å². The normalized spacial score (nSPS) is 15.1. The molecule has 3 N–H and O–H groups in total. The van der Waals surface area contributed by atoms with Gasteiger partial charge in [0.1, 0.15) is 0 Å². The van der Waals surface area contributed by atoms with Gasteiger partial charge >= 0.3 is 24.1 Å². The van der Waals surface area contributed by atoms with Gasteiger partial charge in [0.2, 0.25) is 5.88 Å². The van der Waals surface area contributed by atoms with E-state index in [-0.39, 0.29) is 25.6 Å². The van der Waals surface area contributed by atoms with Crippen LogP contribution in [-0.2, 0) is 19.5 Å². The van der Waals surface area contributed by atoms with Crippen LogP contribution in [0.15, 0.2) is 40.7 Å². The van der Waals surface area contributed by atoms with Crippen molar-refractivity contribution in [2.24, 2.45) is 0 Å². The number of carbonyl (C=O) groups is 1. The number of sulfonamides is 1. The molecule has 0 saturated carbocycles. The molecule has 16 heteroatoms. The number of benzene rings is 1. The number of rotatable bonds is 9. The van der Waals surface area contributed by atoms with E-state index in [1.807, 2.05) is 0 Å². The Hall–Kier alpha value is -3.04. The molecule has 1 aliphatic heterocycles. The highest BCUT2D eigenvalue weighted by atomic mass is 32.2. The van der Waals surface area contributed by atoms with Crippen LogP contribution in [0.4, 0.5) is 36.8 Å². The highest BCUT2D eigenvalue weighted by Crippen LogP contribution is 2.43. The number of carbonyl (C=O) groups excluding carboxylic acids is 1. The Morgan fingerprint density at radius 3 is 2.14 bits per heavy atom. The van der Waals surface area contributed by atoms with Crippen LogP contribution in [0.2, 0.25) is 0 Å². The maximum atomic E-state index is 13.7. The standard InChI is InChI=1S/C19H24F6N4O5S/c1-4-5-10-33-16(30)27-17(18(20,21)22,19(23,24)25)26-13-6-8-14(9-7-13)35(31,32)28-15-12(2)29(3)11-34-15/h6-9,26,28H,4-5,10-11H2,1-3H3,(H,27,30). The summed E-state index contributed by atoms with van der Waals surface area (Å²) in [6.07, 6.45) is -13.3. The lowest BCUT2D eigenvalue weighted by Crippen LogP contribution is -2.72. The van der Waals surface area contributed by atoms with Crippen LogP contribution < -0.4 is 15.4 Å². The van der Waals surface area contributed by atoms with Gasteiger partial charge in [-0.3, -0.25) is 5.32 Å². The lowest BCUT2D eigenvalue weighted by molar-refractivity contribution is -0.294. The topological polar surface area (TPSA) is 109 Å². The van der Waals surface area contributed by atoms with Crippen LogP contribution in [0.3, 0.4) is 0 Å². The molecule has 1 amide bonds. The number of alkyl carbamates (subject to hydrolysis) is 1. The molecule has 1 aromatic rings. The molecule has 2 rings (SSSR count). The number of amides is 1. The lowest BCUT2D eigenvalue weighted by Gasteiger charge is -2.38. The monoisotopic (exact) mass is 534 g/mol. The van der Waals surface area contributed by atoms with E-state index in [1.165, 1.54) is 5.32 Å². The second-order valence-corrected chi connectivity index (χ2v) is 9.18. The molecule has 35 heavy (non-hydrogen) atoms. The number of hydrogen-bond donors (Lipinski definition) is 3. The minimum atomic E-state index is -6.06. The maximum Gasteiger partial charge on any atom is 0.439 e. The third-order valence-electron chi connectivity index (χ3n) is 4.90. The van der Waals surface area contributed by atoms with Crippen LogP contribution >= 0.6 is 0 Å². The van der Waals surface area contributed by atoms with E-state index < -0.39 is 44.7 Å². The van der Waals surface area contributed by atoms with Crippen molar-refractivity contribution >= 4 is 21.8 Å². The predicted molar refractivity (Wildman–Crippen MR) is 111 cm³/mol. The van der Waals surface area contributed by atoms with Gasteiger partial charge in [0.25, 0.3) is 10.0 Å². The van der Waals surface area contributed by atoms with Crippen molar-refractivity contribution in [3.63, 3.8) is 0 Å². The van der Waals surface area contributed by atoms with E-state index in [1.54, 1.807) is 25.8 Å². The number of nitrogens with zero attached hydrogens (tertiary/aromatic N) is 1. The van der Waals surface area contributed by atoms with Crippen molar-refractivity contribution in [1.82, 2.24) is 14.9 Å². The summed E-state index contributed by atoms with van der Waals surface area (Å²) in [5.41, 5.74) is -5.23. The van der Waals surface area contributed by atoms with Crippen LogP contribution in [0.1, 0.15) is 26.7 Å². The zero-order valence-electron chi connectivity index (χ0n) is 18.8. The molecule has 9 nitrogen and oxygen atoms in total. The number of ether oxygens (including phenoxy) is 2. The Morgan fingerprint density at radius 2 is 1.69 bits per heavy atom. The summed E-state index contributed by atoms with van der Waals surface area (Å²) in [7, 11) is -2.63. The average molecular weight is 534 g/mol. The quantitative estimate of drug-likeness (QED) is 0.251. The summed E-state index contributed by atoms with van der Waals surface area (Å²) in [5, 5.41) is 2.08. The van der Waals surface area contributed by atoms with E-state index >= 15 is 0 Å². The first-order valence-electron chi connectivity index (χ1n) is 10.1. The summed E-state index contributed by atoms with van der Waals surface area (Å²) >= 11 is 0. The number of halogens is 6. The summed E-state index contributed by atoms with van der Waals surface area (Å²) in [6, 6.07) is 2.95. The Balaban J connectivity index is 2.32. The van der Waals surface area contributed by atoms with Gasteiger partial charge in [-0.1, -0.05) is 13.3 Å². The van der Waals surface area contributed by atoms with Crippen molar-refractivity contribution in [3.8, 4) is 0 Å². The lowest BCUT2D eigenvalue weighted by atomic mass is 10.1. The minimum Gasteiger partial charge on any atom is -0.456 e. The molecular formula is C19H24F6N4O5S. The third kappa shape index (κ3) is 6.35. The number of anilines is 1. The predicted octanol–water partition coefficient (Wildman–Crippen LogP) is 3.83. The van der Waals surface area contributed by atoms with Gasteiger partial charge in [-0.25, -0.2) is 17.9 Å². The van der Waals surface area contributed by atoms with Crippen molar-refractivity contribution in [1.29, 1.82) is 0 Å². The summed E-state index contributed by atoms with van der Waals surface area (Å²) in [4.78, 5) is 12.9. The molecule has 0 bridgehead atoms. The molecule has 198 valence electrons. The van der Waals surface area contributed by atoms with E-state index in [2.05, 4.69) is 9.46 Å². The van der Waals surface area contributed by atoms with Crippen LogP contribution in [-0.4, -0.2) is 57.8 Å². The van der Waals surface area contributed by atoms with Crippen LogP contribution in [0, 0.1) is 0 Å². The smallest absolute Gasteiger partial charge is 0.439 e. The maximum absolute atomic E-state index is 13.7. The molecular weight excluding hydrogens is 510 g/mol. The second-order valence-electron chi connectivity index (χ2n) is 7.50. The first-order valence-corrected chi connectivity index (χ1v) is 11.6. The molecule has 0 aliphatic carbocycles. The highest BCUT2D eigenvalue weighted by Gasteiger charge is 2.73. The molecule has 0 aromatic heterocycles. The third-order valence-corrected chi connectivity index (χ3v) is 6.25. The van der Waals surface area contributed by atoms with Gasteiger partial charge < -0.3 is 19.7 Å². The Bertz CT molecular complexity index is 1030. The molecule has 0 fully saturated rings. The van der Waals surface area contributed by atoms with E-state index in [4.69, 9.17) is 4.74 Å². The summed E-state index contributed by atoms with van der Waals surface area (Å²) in [6.45, 7) is 2.95. The fourth-order valence-electron chi connectivity index (χ4n) is 2.73. The van der Waals surface area contributed by atoms with Gasteiger partial charge in [-0.05, 0) is 37.6 Å². The van der Waals surface area contributed by atoms with E-state index in [9.17, 15) is 39.6 Å². The number of allylic oxidation sites excluding steroid dienone is 1. The molecule has 1 aliphatic rings. The Labute approximate surface area is 197 Å². The first-order chi connectivity index (χ1) is 16.0. The van der Waals surface area contributed by atoms with Crippen molar-refractivity contribution in [2.75, 3.05) is 25.7 Å². The Kier molecular flexibility index (Phi) is 8.29. The van der Waals surface area contributed by atoms with Crippen molar-refractivity contribution in [2.45, 2.75) is 49.6 Å². The van der Waals surface area contributed by atoms with Gasteiger partial charge in [0, 0.05) is 12.7 Å². The SMILES string of the molecule is CCCCOC(=O)NC(Nc1ccc(S(=O)(=O)NC2=C(C)N(C)CO2)cc1)(C(F)(F)F)C(F)(F)F. The Morgan fingerprint density at radius 1 is 1.11 bits per heavy atom. The zero-order chi connectivity index (χ0) is 26.7. The summed E-state index contributed by atoms with van der Waals surface area (Å²) < 4.78 is 119. The highest BCUT2D eigenvalue weighted by molar-refractivity contribution is 7.89. The van der Waals surface area contributed by atoms with Crippen LogP contribution in [0.5, 0.6) is 0 Å².